The molecule has 0 radical (unpaired) electrons. The number of halogens is 1. The van der Waals surface area contributed by atoms with Crippen LogP contribution in [0.25, 0.3) is 0 Å². The van der Waals surface area contributed by atoms with Crippen molar-refractivity contribution < 1.29 is 9.72 Å². The monoisotopic (exact) mass is 243 g/mol. The lowest BCUT2D eigenvalue weighted by molar-refractivity contribution is -0.384. The Morgan fingerprint density at radius 1 is 1.50 bits per heavy atom. The van der Waals surface area contributed by atoms with Crippen LogP contribution in [0.4, 0.5) is 16.2 Å². The Balaban J connectivity index is 2.91. The molecule has 0 aliphatic heterocycles. The molecule has 0 heterocycles. The number of rotatable bonds is 2. The smallest absolute Gasteiger partial charge is 0.321 e. The topological polar surface area (TPSA) is 75.5 Å². The molecular weight excluding hydrogens is 234 g/mol. The number of nitro groups is 1. The highest BCUT2D eigenvalue weighted by Gasteiger charge is 2.11. The van der Waals surface area contributed by atoms with E-state index in [0.29, 0.717) is 5.69 Å². The van der Waals surface area contributed by atoms with Crippen molar-refractivity contribution >= 4 is 29.0 Å². The molecule has 16 heavy (non-hydrogen) atoms. The number of nitrogens with zero attached hydrogens (tertiary/aromatic N) is 2. The zero-order valence-electron chi connectivity index (χ0n) is 8.73. The summed E-state index contributed by atoms with van der Waals surface area (Å²) in [6.07, 6.45) is 0. The molecule has 6 nitrogen and oxygen atoms in total. The number of non-ortho nitro benzene ring substituents is 1. The Labute approximate surface area is 97.0 Å². The number of anilines is 1. The first-order valence-electron chi connectivity index (χ1n) is 4.34. The number of nitrogens with one attached hydrogen (secondary N) is 1. The third kappa shape index (κ3) is 2.83. The van der Waals surface area contributed by atoms with Crippen LogP contribution in [0.1, 0.15) is 0 Å². The third-order valence-corrected chi connectivity index (χ3v) is 2.12. The summed E-state index contributed by atoms with van der Waals surface area (Å²) in [5, 5.41) is 13.1. The van der Waals surface area contributed by atoms with Crippen LogP contribution in [-0.2, 0) is 0 Å². The molecule has 0 fully saturated rings. The van der Waals surface area contributed by atoms with Gasteiger partial charge < -0.3 is 10.2 Å². The second-order valence-electron chi connectivity index (χ2n) is 3.25. The largest absolute Gasteiger partial charge is 0.331 e. The minimum atomic E-state index is -0.552. The maximum absolute atomic E-state index is 11.3. The zero-order chi connectivity index (χ0) is 12.3. The molecule has 2 amide bonds. The molecule has 0 spiro atoms. The molecular formula is C9H10ClN3O3. The van der Waals surface area contributed by atoms with Crippen LogP contribution in [0.3, 0.4) is 0 Å². The molecule has 0 saturated heterocycles. The van der Waals surface area contributed by atoms with Gasteiger partial charge in [-0.3, -0.25) is 10.1 Å². The highest BCUT2D eigenvalue weighted by atomic mass is 35.5. The average Bonchev–Trinajstić information content (AvgIpc) is 2.20. The van der Waals surface area contributed by atoms with Crippen LogP contribution in [0.5, 0.6) is 0 Å². The van der Waals surface area contributed by atoms with E-state index in [1.165, 1.54) is 23.1 Å². The molecule has 0 aromatic heterocycles. The standard InChI is InChI=1S/C9H10ClN3O3/c1-12(2)9(14)11-8-4-3-6(13(15)16)5-7(8)10/h3-5H,1-2H3,(H,11,14). The van der Waals surface area contributed by atoms with Gasteiger partial charge in [-0.2, -0.15) is 0 Å². The summed E-state index contributed by atoms with van der Waals surface area (Å²) in [6.45, 7) is 0. The first-order valence-corrected chi connectivity index (χ1v) is 4.72. The predicted octanol–water partition coefficient (Wildman–Crippen LogP) is 2.34. The molecule has 86 valence electrons. The molecule has 0 atom stereocenters. The van der Waals surface area contributed by atoms with Crippen molar-refractivity contribution in [1.29, 1.82) is 0 Å². The van der Waals surface area contributed by atoms with Crippen molar-refractivity contribution in [1.82, 2.24) is 4.90 Å². The number of amides is 2. The second-order valence-corrected chi connectivity index (χ2v) is 3.65. The Morgan fingerprint density at radius 3 is 2.56 bits per heavy atom. The van der Waals surface area contributed by atoms with Gasteiger partial charge >= 0.3 is 6.03 Å². The van der Waals surface area contributed by atoms with Crippen molar-refractivity contribution in [3.8, 4) is 0 Å². The van der Waals surface area contributed by atoms with Crippen LogP contribution >= 0.6 is 11.6 Å². The van der Waals surface area contributed by atoms with E-state index in [2.05, 4.69) is 5.32 Å². The molecule has 1 aromatic rings. The van der Waals surface area contributed by atoms with Crippen LogP contribution in [0.2, 0.25) is 5.02 Å². The summed E-state index contributed by atoms with van der Waals surface area (Å²) in [4.78, 5) is 22.5. The highest BCUT2D eigenvalue weighted by Crippen LogP contribution is 2.26. The summed E-state index contributed by atoms with van der Waals surface area (Å²) in [7, 11) is 3.16. The highest BCUT2D eigenvalue weighted by molar-refractivity contribution is 6.33. The molecule has 7 heteroatoms. The first kappa shape index (κ1) is 12.3. The summed E-state index contributed by atoms with van der Waals surface area (Å²) in [5.41, 5.74) is 0.221. The van der Waals surface area contributed by atoms with Crippen LogP contribution in [-0.4, -0.2) is 29.9 Å². The lowest BCUT2D eigenvalue weighted by Crippen LogP contribution is -2.27. The summed E-state index contributed by atoms with van der Waals surface area (Å²) in [5.74, 6) is 0. The molecule has 0 aliphatic rings. The van der Waals surface area contributed by atoms with E-state index < -0.39 is 4.92 Å². The van der Waals surface area contributed by atoms with Gasteiger partial charge in [-0.15, -0.1) is 0 Å². The number of benzene rings is 1. The molecule has 0 aliphatic carbocycles. The van der Waals surface area contributed by atoms with Gasteiger partial charge in [0.2, 0.25) is 0 Å². The van der Waals surface area contributed by atoms with Gasteiger partial charge in [0.1, 0.15) is 0 Å². The van der Waals surface area contributed by atoms with E-state index in [4.69, 9.17) is 11.6 Å². The van der Waals surface area contributed by atoms with Crippen molar-refractivity contribution in [2.75, 3.05) is 19.4 Å². The maximum atomic E-state index is 11.3. The Kier molecular flexibility index (Phi) is 3.68. The fourth-order valence-electron chi connectivity index (χ4n) is 0.946. The predicted molar refractivity (Wildman–Crippen MR) is 60.8 cm³/mol. The van der Waals surface area contributed by atoms with E-state index >= 15 is 0 Å². The molecule has 0 unspecified atom stereocenters. The van der Waals surface area contributed by atoms with Crippen molar-refractivity contribution in [3.63, 3.8) is 0 Å². The second kappa shape index (κ2) is 4.80. The molecule has 1 aromatic carbocycles. The fourth-order valence-corrected chi connectivity index (χ4v) is 1.17. The first-order chi connectivity index (χ1) is 7.41. The Bertz CT molecular complexity index is 434. The number of hydrogen-bond acceptors (Lipinski definition) is 3. The minimum Gasteiger partial charge on any atom is -0.331 e. The summed E-state index contributed by atoms with van der Waals surface area (Å²) in [6, 6.07) is 3.50. The van der Waals surface area contributed by atoms with Gasteiger partial charge in [0, 0.05) is 26.2 Å². The molecule has 0 bridgehead atoms. The molecule has 1 rings (SSSR count). The molecule has 1 N–H and O–H groups in total. The quantitative estimate of drug-likeness (QED) is 0.640. The van der Waals surface area contributed by atoms with Gasteiger partial charge in [0.25, 0.3) is 5.69 Å². The number of nitro benzene ring substituents is 1. The van der Waals surface area contributed by atoms with Crippen molar-refractivity contribution in [2.24, 2.45) is 0 Å². The van der Waals surface area contributed by atoms with E-state index in [9.17, 15) is 14.9 Å². The Morgan fingerprint density at radius 2 is 2.12 bits per heavy atom. The van der Waals surface area contributed by atoms with Crippen LogP contribution < -0.4 is 5.32 Å². The average molecular weight is 244 g/mol. The van der Waals surface area contributed by atoms with Crippen molar-refractivity contribution in [3.05, 3.63) is 33.3 Å². The summed E-state index contributed by atoms with van der Waals surface area (Å²) >= 11 is 5.78. The van der Waals surface area contributed by atoms with Crippen molar-refractivity contribution in [2.45, 2.75) is 0 Å². The van der Waals surface area contributed by atoms with E-state index in [1.807, 2.05) is 0 Å². The van der Waals surface area contributed by atoms with Gasteiger partial charge in [-0.05, 0) is 6.07 Å². The lowest BCUT2D eigenvalue weighted by atomic mass is 10.3. The minimum absolute atomic E-state index is 0.118. The number of hydrogen-bond donors (Lipinski definition) is 1. The number of carbonyl (C=O) groups is 1. The fraction of sp³-hybridized carbons (Fsp3) is 0.222. The van der Waals surface area contributed by atoms with Crippen LogP contribution in [0, 0.1) is 10.1 Å². The van der Waals surface area contributed by atoms with Gasteiger partial charge in [0.15, 0.2) is 0 Å². The zero-order valence-corrected chi connectivity index (χ0v) is 9.49. The van der Waals surface area contributed by atoms with E-state index in [1.54, 1.807) is 14.1 Å². The number of carbonyl (C=O) groups excluding carboxylic acids is 1. The van der Waals surface area contributed by atoms with E-state index in [-0.39, 0.29) is 16.7 Å². The van der Waals surface area contributed by atoms with E-state index in [0.717, 1.165) is 0 Å². The van der Waals surface area contributed by atoms with Gasteiger partial charge in [-0.25, -0.2) is 4.79 Å². The van der Waals surface area contributed by atoms with Gasteiger partial charge in [-0.1, -0.05) is 11.6 Å². The maximum Gasteiger partial charge on any atom is 0.321 e. The number of urea groups is 1. The normalized spacial score (nSPS) is 9.69. The summed E-state index contributed by atoms with van der Waals surface area (Å²) < 4.78 is 0. The van der Waals surface area contributed by atoms with Crippen LogP contribution in [0.15, 0.2) is 18.2 Å². The SMILES string of the molecule is CN(C)C(=O)Nc1ccc([N+](=O)[O-])cc1Cl. The van der Waals surface area contributed by atoms with Gasteiger partial charge in [0.05, 0.1) is 15.6 Å². The Hall–Kier alpha value is -1.82. The molecule has 0 saturated carbocycles. The third-order valence-electron chi connectivity index (χ3n) is 1.81. The lowest BCUT2D eigenvalue weighted by Gasteiger charge is -2.12.